The molecule has 18 heavy (non-hydrogen) atoms. The summed E-state index contributed by atoms with van der Waals surface area (Å²) in [5, 5.41) is 9.43. The van der Waals surface area contributed by atoms with E-state index >= 15 is 0 Å². The number of carbonyl (C=O) groups is 1. The second-order valence-electron chi connectivity index (χ2n) is 5.04. The molecule has 0 saturated heterocycles. The maximum absolute atomic E-state index is 12.4. The first kappa shape index (κ1) is 11.4. The number of ketones is 1. The monoisotopic (exact) mass is 245 g/mol. The van der Waals surface area contributed by atoms with E-state index in [0.29, 0.717) is 17.0 Å². The lowest BCUT2D eigenvalue weighted by Crippen LogP contribution is -2.41. The number of benzene rings is 1. The molecule has 1 aromatic heterocycles. The molecule has 4 heteroatoms. The zero-order chi connectivity index (χ0) is 12.8. The van der Waals surface area contributed by atoms with Crippen LogP contribution in [0.2, 0.25) is 0 Å². The van der Waals surface area contributed by atoms with E-state index in [1.807, 2.05) is 0 Å². The van der Waals surface area contributed by atoms with Gasteiger partial charge in [0.15, 0.2) is 17.3 Å². The van der Waals surface area contributed by atoms with Crippen LogP contribution in [-0.4, -0.2) is 22.5 Å². The molecular formula is C14H15NO3. The van der Waals surface area contributed by atoms with E-state index in [9.17, 15) is 9.90 Å². The Kier molecular flexibility index (Phi) is 2.48. The molecule has 94 valence electrons. The van der Waals surface area contributed by atoms with Gasteiger partial charge in [0, 0.05) is 12.5 Å². The fraction of sp³-hybridized carbons (Fsp3) is 0.429. The number of aromatic nitrogens is 1. The third kappa shape index (κ3) is 1.56. The number of aliphatic hydroxyl groups excluding tert-OH is 1. The Labute approximate surface area is 105 Å². The van der Waals surface area contributed by atoms with Gasteiger partial charge in [-0.1, -0.05) is 6.42 Å². The number of hydrogen-bond acceptors (Lipinski definition) is 4. The molecule has 1 aromatic carbocycles. The third-order valence-electron chi connectivity index (χ3n) is 3.85. The maximum atomic E-state index is 12.4. The van der Waals surface area contributed by atoms with Crippen LogP contribution in [0.15, 0.2) is 22.6 Å². The Hall–Kier alpha value is -1.68. The number of carbonyl (C=O) groups excluding carboxylic acids is 1. The third-order valence-corrected chi connectivity index (χ3v) is 3.85. The molecule has 3 rings (SSSR count). The average Bonchev–Trinajstić information content (AvgIpc) is 2.67. The molecule has 0 aliphatic heterocycles. The standard InChI is InChI=1S/C14H15NO3/c1-9-15-11-4-3-10(7-12(11)18-9)13(17)14(8-16)5-2-6-14/h3-4,7,16H,2,5-6,8H2,1H3. The number of nitrogens with zero attached hydrogens (tertiary/aromatic N) is 1. The van der Waals surface area contributed by atoms with Gasteiger partial charge >= 0.3 is 0 Å². The summed E-state index contributed by atoms with van der Waals surface area (Å²) in [5.74, 6) is 0.613. The zero-order valence-electron chi connectivity index (χ0n) is 10.3. The molecular weight excluding hydrogens is 230 g/mol. The summed E-state index contributed by atoms with van der Waals surface area (Å²) in [4.78, 5) is 16.6. The molecule has 0 spiro atoms. The number of aryl methyl sites for hydroxylation is 1. The Morgan fingerprint density at radius 3 is 2.89 bits per heavy atom. The first-order chi connectivity index (χ1) is 8.64. The second-order valence-corrected chi connectivity index (χ2v) is 5.04. The van der Waals surface area contributed by atoms with Crippen molar-refractivity contribution in [3.63, 3.8) is 0 Å². The van der Waals surface area contributed by atoms with E-state index in [2.05, 4.69) is 4.98 Å². The van der Waals surface area contributed by atoms with Crippen LogP contribution in [0.25, 0.3) is 11.1 Å². The van der Waals surface area contributed by atoms with E-state index in [4.69, 9.17) is 4.42 Å². The smallest absolute Gasteiger partial charge is 0.192 e. The van der Waals surface area contributed by atoms with Crippen molar-refractivity contribution in [2.75, 3.05) is 6.61 Å². The van der Waals surface area contributed by atoms with Crippen molar-refractivity contribution in [3.05, 3.63) is 29.7 Å². The molecule has 0 radical (unpaired) electrons. The molecule has 1 saturated carbocycles. The van der Waals surface area contributed by atoms with E-state index in [-0.39, 0.29) is 12.4 Å². The molecule has 1 aliphatic carbocycles. The lowest BCUT2D eigenvalue weighted by Gasteiger charge is -2.38. The van der Waals surface area contributed by atoms with Crippen molar-refractivity contribution >= 4 is 16.9 Å². The SMILES string of the molecule is Cc1nc2ccc(C(=O)C3(CO)CCC3)cc2o1. The highest BCUT2D eigenvalue weighted by atomic mass is 16.3. The minimum atomic E-state index is -0.553. The predicted octanol–water partition coefficient (Wildman–Crippen LogP) is 2.48. The minimum Gasteiger partial charge on any atom is -0.441 e. The fourth-order valence-electron chi connectivity index (χ4n) is 2.55. The normalized spacial score (nSPS) is 17.7. The summed E-state index contributed by atoms with van der Waals surface area (Å²) in [6.45, 7) is 1.71. The van der Waals surface area contributed by atoms with Gasteiger partial charge < -0.3 is 9.52 Å². The van der Waals surface area contributed by atoms with Crippen LogP contribution in [0, 0.1) is 12.3 Å². The number of Topliss-reactive ketones (excluding diaryl/α,β-unsaturated/α-hetero) is 1. The van der Waals surface area contributed by atoms with Gasteiger partial charge in [-0.2, -0.15) is 0 Å². The maximum Gasteiger partial charge on any atom is 0.192 e. The lowest BCUT2D eigenvalue weighted by molar-refractivity contribution is 0.0348. The number of hydrogen-bond donors (Lipinski definition) is 1. The fourth-order valence-corrected chi connectivity index (χ4v) is 2.55. The van der Waals surface area contributed by atoms with Gasteiger partial charge in [-0.05, 0) is 31.0 Å². The highest BCUT2D eigenvalue weighted by Crippen LogP contribution is 2.43. The zero-order valence-corrected chi connectivity index (χ0v) is 10.3. The number of oxazole rings is 1. The summed E-state index contributed by atoms with van der Waals surface area (Å²) in [6, 6.07) is 5.29. The number of aliphatic hydroxyl groups is 1. The summed E-state index contributed by atoms with van der Waals surface area (Å²) in [5.41, 5.74) is 1.44. The van der Waals surface area contributed by atoms with E-state index in [1.165, 1.54) is 0 Å². The van der Waals surface area contributed by atoms with Gasteiger partial charge in [-0.15, -0.1) is 0 Å². The van der Waals surface area contributed by atoms with Gasteiger partial charge in [0.1, 0.15) is 5.52 Å². The topological polar surface area (TPSA) is 63.3 Å². The minimum absolute atomic E-state index is 0.0206. The Bertz CT molecular complexity index is 605. The Balaban J connectivity index is 2.01. The Morgan fingerprint density at radius 1 is 1.50 bits per heavy atom. The first-order valence-electron chi connectivity index (χ1n) is 6.17. The molecule has 1 heterocycles. The van der Waals surface area contributed by atoms with Crippen molar-refractivity contribution in [3.8, 4) is 0 Å². The van der Waals surface area contributed by atoms with Crippen LogP contribution >= 0.6 is 0 Å². The second kappa shape index (κ2) is 3.92. The van der Waals surface area contributed by atoms with Gasteiger partial charge in [0.25, 0.3) is 0 Å². The van der Waals surface area contributed by atoms with Crippen LogP contribution in [-0.2, 0) is 0 Å². The largest absolute Gasteiger partial charge is 0.441 e. The van der Waals surface area contributed by atoms with Crippen LogP contribution in [0.1, 0.15) is 35.5 Å². The molecule has 0 bridgehead atoms. The van der Waals surface area contributed by atoms with Gasteiger partial charge in [0.05, 0.1) is 12.0 Å². The summed E-state index contributed by atoms with van der Waals surface area (Å²) < 4.78 is 5.43. The van der Waals surface area contributed by atoms with E-state index in [0.717, 1.165) is 24.8 Å². The highest BCUT2D eigenvalue weighted by Gasteiger charge is 2.43. The van der Waals surface area contributed by atoms with Crippen LogP contribution in [0.5, 0.6) is 0 Å². The molecule has 2 aromatic rings. The van der Waals surface area contributed by atoms with Crippen molar-refractivity contribution in [2.24, 2.45) is 5.41 Å². The molecule has 0 unspecified atom stereocenters. The average molecular weight is 245 g/mol. The van der Waals surface area contributed by atoms with Gasteiger partial charge in [-0.3, -0.25) is 4.79 Å². The molecule has 0 atom stereocenters. The van der Waals surface area contributed by atoms with Crippen LogP contribution < -0.4 is 0 Å². The lowest BCUT2D eigenvalue weighted by atomic mass is 9.65. The van der Waals surface area contributed by atoms with Crippen molar-refractivity contribution in [2.45, 2.75) is 26.2 Å². The Morgan fingerprint density at radius 2 is 2.28 bits per heavy atom. The van der Waals surface area contributed by atoms with Crippen molar-refractivity contribution in [1.29, 1.82) is 0 Å². The quantitative estimate of drug-likeness (QED) is 0.844. The van der Waals surface area contributed by atoms with E-state index < -0.39 is 5.41 Å². The van der Waals surface area contributed by atoms with Crippen LogP contribution in [0.4, 0.5) is 0 Å². The summed E-state index contributed by atoms with van der Waals surface area (Å²) >= 11 is 0. The highest BCUT2D eigenvalue weighted by molar-refractivity contribution is 6.03. The summed E-state index contributed by atoms with van der Waals surface area (Å²) in [6.07, 6.45) is 2.56. The van der Waals surface area contributed by atoms with Gasteiger partial charge in [0.2, 0.25) is 0 Å². The molecule has 1 fully saturated rings. The van der Waals surface area contributed by atoms with E-state index in [1.54, 1.807) is 25.1 Å². The first-order valence-corrected chi connectivity index (χ1v) is 6.17. The van der Waals surface area contributed by atoms with Gasteiger partial charge in [-0.25, -0.2) is 4.98 Å². The number of rotatable bonds is 3. The number of fused-ring (bicyclic) bond motifs is 1. The van der Waals surface area contributed by atoms with Crippen molar-refractivity contribution < 1.29 is 14.3 Å². The predicted molar refractivity (Wildman–Crippen MR) is 66.4 cm³/mol. The molecule has 1 aliphatic rings. The molecule has 1 N–H and O–H groups in total. The van der Waals surface area contributed by atoms with Crippen LogP contribution in [0.3, 0.4) is 0 Å². The summed E-state index contributed by atoms with van der Waals surface area (Å²) in [7, 11) is 0. The molecule has 4 nitrogen and oxygen atoms in total. The van der Waals surface area contributed by atoms with Crippen molar-refractivity contribution in [1.82, 2.24) is 4.98 Å². The molecule has 0 amide bonds.